The molecule has 0 bridgehead atoms. The van der Waals surface area contributed by atoms with E-state index < -0.39 is 17.0 Å². The number of carbonyl (C=O) groups excluding carboxylic acids is 2. The van der Waals surface area contributed by atoms with Crippen molar-refractivity contribution in [1.82, 2.24) is 25.1 Å². The van der Waals surface area contributed by atoms with Crippen molar-refractivity contribution in [2.75, 3.05) is 6.54 Å². The van der Waals surface area contributed by atoms with Gasteiger partial charge < -0.3 is 0 Å². The minimum absolute atomic E-state index is 0.263. The van der Waals surface area contributed by atoms with Gasteiger partial charge in [-0.25, -0.2) is 9.07 Å². The van der Waals surface area contributed by atoms with Crippen LogP contribution in [0.15, 0.2) is 59.8 Å². The molecule has 30 heavy (non-hydrogen) atoms. The van der Waals surface area contributed by atoms with Gasteiger partial charge in [0.25, 0.3) is 5.91 Å². The van der Waals surface area contributed by atoms with Crippen LogP contribution in [0.3, 0.4) is 0 Å². The predicted octanol–water partition coefficient (Wildman–Crippen LogP) is 3.17. The Balaban J connectivity index is 1.50. The summed E-state index contributed by atoms with van der Waals surface area (Å²) in [5.74, 6) is -1.09. The molecule has 0 N–H and O–H groups in total. The van der Waals surface area contributed by atoms with Crippen molar-refractivity contribution in [3.8, 4) is 0 Å². The number of carbonyl (C=O) groups is 2. The second-order valence-corrected chi connectivity index (χ2v) is 8.18. The summed E-state index contributed by atoms with van der Waals surface area (Å²) in [6.07, 6.45) is 2.18. The number of thioether (sulfide) groups is 1. The van der Waals surface area contributed by atoms with Crippen LogP contribution in [0.1, 0.15) is 35.2 Å². The maximum absolute atomic E-state index is 13.2. The van der Waals surface area contributed by atoms with Crippen LogP contribution in [-0.4, -0.2) is 48.7 Å². The average Bonchev–Trinajstić information content (AvgIpc) is 3.11. The molecule has 2 amide bonds. The number of aromatic nitrogens is 4. The van der Waals surface area contributed by atoms with Crippen molar-refractivity contribution >= 4 is 23.6 Å². The van der Waals surface area contributed by atoms with E-state index in [0.29, 0.717) is 30.2 Å². The minimum Gasteiger partial charge on any atom is -0.278 e. The number of halogens is 1. The second kappa shape index (κ2) is 9.17. The Kier molecular flexibility index (Phi) is 6.18. The Morgan fingerprint density at radius 1 is 1.10 bits per heavy atom. The third kappa shape index (κ3) is 4.56. The smallest absolute Gasteiger partial charge is 0.260 e. The summed E-state index contributed by atoms with van der Waals surface area (Å²) in [4.78, 5) is 27.3. The van der Waals surface area contributed by atoms with Crippen LogP contribution in [0.5, 0.6) is 0 Å². The highest BCUT2D eigenvalue weighted by Crippen LogP contribution is 2.29. The fraction of sp³-hybridized carbons (Fsp3) is 0.286. The van der Waals surface area contributed by atoms with Crippen molar-refractivity contribution in [3.63, 3.8) is 0 Å². The van der Waals surface area contributed by atoms with Gasteiger partial charge in [0, 0.05) is 12.1 Å². The number of nitrogens with zero attached hydrogens (tertiary/aromatic N) is 5. The molecule has 1 saturated heterocycles. The molecule has 1 fully saturated rings. The number of tetrazole rings is 1. The largest absolute Gasteiger partial charge is 0.278 e. The highest BCUT2D eigenvalue weighted by atomic mass is 32.2. The first kappa shape index (κ1) is 20.2. The molecule has 0 radical (unpaired) electrons. The zero-order valence-electron chi connectivity index (χ0n) is 16.1. The normalized spacial score (nSPS) is 17.0. The quantitative estimate of drug-likeness (QED) is 0.584. The lowest BCUT2D eigenvalue weighted by atomic mass is 10.2. The molecule has 3 aromatic rings. The summed E-state index contributed by atoms with van der Waals surface area (Å²) in [6, 6.07) is 15.0. The molecule has 154 valence electrons. The molecule has 0 aliphatic carbocycles. The molecular formula is C21H20FN5O2S. The Labute approximate surface area is 177 Å². The van der Waals surface area contributed by atoms with Crippen LogP contribution < -0.4 is 0 Å². The average molecular weight is 425 g/mol. The molecular weight excluding hydrogens is 405 g/mol. The number of hydrogen-bond donors (Lipinski definition) is 0. The monoisotopic (exact) mass is 425 g/mol. The molecule has 7 nitrogen and oxygen atoms in total. The van der Waals surface area contributed by atoms with Gasteiger partial charge in [-0.2, -0.15) is 0 Å². The Bertz CT molecular complexity index is 1030. The molecule has 1 aliphatic heterocycles. The maximum atomic E-state index is 13.2. The molecule has 1 atom stereocenters. The maximum Gasteiger partial charge on any atom is 0.260 e. The van der Waals surface area contributed by atoms with Gasteiger partial charge in [0.05, 0.1) is 11.8 Å². The molecule has 9 heteroatoms. The third-order valence-corrected chi connectivity index (χ3v) is 6.12. The lowest BCUT2D eigenvalue weighted by molar-refractivity contribution is -0.127. The summed E-state index contributed by atoms with van der Waals surface area (Å²) in [6.45, 7) is 0.844. The van der Waals surface area contributed by atoms with Gasteiger partial charge in [-0.3, -0.25) is 14.5 Å². The van der Waals surface area contributed by atoms with Crippen molar-refractivity contribution in [1.29, 1.82) is 0 Å². The van der Waals surface area contributed by atoms with E-state index in [0.717, 1.165) is 18.4 Å². The molecule has 0 saturated carbocycles. The number of imide groups is 1. The summed E-state index contributed by atoms with van der Waals surface area (Å²) in [7, 11) is 0. The van der Waals surface area contributed by atoms with E-state index in [-0.39, 0.29) is 5.91 Å². The van der Waals surface area contributed by atoms with Crippen molar-refractivity contribution in [3.05, 3.63) is 71.5 Å². The van der Waals surface area contributed by atoms with Crippen molar-refractivity contribution in [2.45, 2.75) is 36.2 Å². The minimum atomic E-state index is -0.461. The van der Waals surface area contributed by atoms with Gasteiger partial charge in [-0.15, -0.1) is 5.10 Å². The second-order valence-electron chi connectivity index (χ2n) is 7.01. The molecule has 1 aromatic heterocycles. The molecule has 0 spiro atoms. The molecule has 2 aromatic carbocycles. The molecule has 1 aliphatic rings. The van der Waals surface area contributed by atoms with Crippen LogP contribution in [-0.2, 0) is 11.3 Å². The van der Waals surface area contributed by atoms with Crippen LogP contribution in [0.25, 0.3) is 0 Å². The lowest BCUT2D eigenvalue weighted by Crippen LogP contribution is -2.41. The van der Waals surface area contributed by atoms with Crippen LogP contribution in [0, 0.1) is 5.82 Å². The van der Waals surface area contributed by atoms with E-state index in [1.54, 1.807) is 4.68 Å². The van der Waals surface area contributed by atoms with Gasteiger partial charge in [-0.1, -0.05) is 48.5 Å². The SMILES string of the molecule is O=C(c1ccc(F)cc1)N1CCCC[C@@H](Sc2nnnn2Cc2ccccc2)C1=O. The van der Waals surface area contributed by atoms with Crippen molar-refractivity contribution in [2.24, 2.45) is 0 Å². The van der Waals surface area contributed by atoms with Crippen LogP contribution in [0.4, 0.5) is 4.39 Å². The van der Waals surface area contributed by atoms with Crippen LogP contribution in [0.2, 0.25) is 0 Å². The van der Waals surface area contributed by atoms with E-state index in [4.69, 9.17) is 0 Å². The highest BCUT2D eigenvalue weighted by Gasteiger charge is 2.33. The van der Waals surface area contributed by atoms with E-state index >= 15 is 0 Å². The van der Waals surface area contributed by atoms with E-state index in [1.165, 1.54) is 40.9 Å². The summed E-state index contributed by atoms with van der Waals surface area (Å²) >= 11 is 1.28. The van der Waals surface area contributed by atoms with Gasteiger partial charge in [-0.05, 0) is 53.1 Å². The first-order valence-electron chi connectivity index (χ1n) is 9.70. The van der Waals surface area contributed by atoms with Gasteiger partial charge in [0.15, 0.2) is 0 Å². The molecule has 4 rings (SSSR count). The fourth-order valence-electron chi connectivity index (χ4n) is 3.33. The summed E-state index contributed by atoms with van der Waals surface area (Å²) in [5, 5.41) is 12.0. The Morgan fingerprint density at radius 3 is 2.63 bits per heavy atom. The van der Waals surface area contributed by atoms with Gasteiger partial charge >= 0.3 is 0 Å². The zero-order valence-corrected chi connectivity index (χ0v) is 17.0. The summed E-state index contributed by atoms with van der Waals surface area (Å²) in [5.41, 5.74) is 1.34. The standard InChI is InChI=1S/C21H20FN5O2S/c22-17-11-9-16(10-12-17)19(28)26-13-5-4-8-18(20(26)29)30-21-23-24-25-27(21)14-15-6-2-1-3-7-15/h1-3,6-7,9-12,18H,4-5,8,13-14H2/t18-/m1/s1. The van der Waals surface area contributed by atoms with E-state index in [9.17, 15) is 14.0 Å². The first-order valence-corrected chi connectivity index (χ1v) is 10.6. The number of benzene rings is 2. The van der Waals surface area contributed by atoms with Gasteiger partial charge in [0.1, 0.15) is 5.82 Å². The topological polar surface area (TPSA) is 81.0 Å². The zero-order chi connectivity index (χ0) is 20.9. The number of rotatable bonds is 5. The Hall–Kier alpha value is -3.07. The first-order chi connectivity index (χ1) is 14.6. The number of amides is 2. The van der Waals surface area contributed by atoms with Gasteiger partial charge in [0.2, 0.25) is 11.1 Å². The number of likely N-dealkylation sites (tertiary alicyclic amines) is 1. The lowest BCUT2D eigenvalue weighted by Gasteiger charge is -2.22. The third-order valence-electron chi connectivity index (χ3n) is 4.90. The van der Waals surface area contributed by atoms with E-state index in [2.05, 4.69) is 15.5 Å². The Morgan fingerprint density at radius 2 is 1.87 bits per heavy atom. The summed E-state index contributed by atoms with van der Waals surface area (Å²) < 4.78 is 14.8. The molecule has 0 unspecified atom stereocenters. The molecule has 2 heterocycles. The van der Waals surface area contributed by atoms with Crippen LogP contribution >= 0.6 is 11.8 Å². The highest BCUT2D eigenvalue weighted by molar-refractivity contribution is 8.00. The fourth-order valence-corrected chi connectivity index (χ4v) is 4.40. The van der Waals surface area contributed by atoms with E-state index in [1.807, 2.05) is 30.3 Å². The van der Waals surface area contributed by atoms with Crippen molar-refractivity contribution < 1.29 is 14.0 Å². The predicted molar refractivity (Wildman–Crippen MR) is 109 cm³/mol. The number of hydrogen-bond acceptors (Lipinski definition) is 6.